The number of nitrogens with zero attached hydrogens (tertiary/aromatic N) is 1. The van der Waals surface area contributed by atoms with E-state index < -0.39 is 0 Å². The summed E-state index contributed by atoms with van der Waals surface area (Å²) in [6.45, 7) is 2.74. The second-order valence-corrected chi connectivity index (χ2v) is 7.18. The SMILES string of the molecule is C[C@@H]1C(=O)N2CCCc3cc(NC(=O)Cc4ccc(Cl)cc4)cc1c32. The van der Waals surface area contributed by atoms with Gasteiger partial charge in [-0.15, -0.1) is 0 Å². The first kappa shape index (κ1) is 16.2. The first-order chi connectivity index (χ1) is 12.0. The highest BCUT2D eigenvalue weighted by atomic mass is 35.5. The Labute approximate surface area is 151 Å². The summed E-state index contributed by atoms with van der Waals surface area (Å²) in [6.07, 6.45) is 2.21. The first-order valence-electron chi connectivity index (χ1n) is 8.55. The molecule has 2 amide bonds. The summed E-state index contributed by atoms with van der Waals surface area (Å²) >= 11 is 5.88. The lowest BCUT2D eigenvalue weighted by molar-refractivity contribution is -0.119. The number of anilines is 2. The van der Waals surface area contributed by atoms with E-state index in [4.69, 9.17) is 11.6 Å². The van der Waals surface area contributed by atoms with Crippen LogP contribution in [0.5, 0.6) is 0 Å². The highest BCUT2D eigenvalue weighted by Gasteiger charge is 2.37. The maximum Gasteiger partial charge on any atom is 0.234 e. The van der Waals surface area contributed by atoms with Crippen molar-refractivity contribution in [1.29, 1.82) is 0 Å². The molecular weight excluding hydrogens is 336 g/mol. The van der Waals surface area contributed by atoms with Crippen LogP contribution < -0.4 is 10.2 Å². The van der Waals surface area contributed by atoms with E-state index in [1.165, 1.54) is 0 Å². The van der Waals surface area contributed by atoms with Crippen molar-refractivity contribution in [3.8, 4) is 0 Å². The van der Waals surface area contributed by atoms with Crippen molar-refractivity contribution in [3.05, 3.63) is 58.1 Å². The highest BCUT2D eigenvalue weighted by Crippen LogP contribution is 2.44. The summed E-state index contributed by atoms with van der Waals surface area (Å²) in [5.41, 5.74) is 4.95. The third kappa shape index (κ3) is 2.91. The lowest BCUT2D eigenvalue weighted by atomic mass is 9.96. The lowest BCUT2D eigenvalue weighted by Crippen LogP contribution is -2.32. The molecule has 0 aliphatic carbocycles. The van der Waals surface area contributed by atoms with Gasteiger partial charge >= 0.3 is 0 Å². The zero-order valence-electron chi connectivity index (χ0n) is 14.0. The van der Waals surface area contributed by atoms with Crippen molar-refractivity contribution in [2.45, 2.75) is 32.1 Å². The Morgan fingerprint density at radius 3 is 2.80 bits per heavy atom. The minimum Gasteiger partial charge on any atom is -0.326 e. The van der Waals surface area contributed by atoms with Gasteiger partial charge in [-0.1, -0.05) is 23.7 Å². The number of amides is 2. The van der Waals surface area contributed by atoms with Crippen molar-refractivity contribution in [2.24, 2.45) is 0 Å². The summed E-state index contributed by atoms with van der Waals surface area (Å²) in [4.78, 5) is 26.7. The normalized spacial score (nSPS) is 18.2. The molecule has 0 saturated carbocycles. The minimum atomic E-state index is -0.139. The summed E-state index contributed by atoms with van der Waals surface area (Å²) in [5, 5.41) is 3.64. The maximum atomic E-state index is 12.4. The van der Waals surface area contributed by atoms with E-state index in [2.05, 4.69) is 5.32 Å². The van der Waals surface area contributed by atoms with E-state index in [9.17, 15) is 9.59 Å². The van der Waals surface area contributed by atoms with Gasteiger partial charge in [-0.3, -0.25) is 9.59 Å². The van der Waals surface area contributed by atoms with Crippen LogP contribution in [0.25, 0.3) is 0 Å². The van der Waals surface area contributed by atoms with Crippen molar-refractivity contribution in [3.63, 3.8) is 0 Å². The number of benzene rings is 2. The molecule has 2 aromatic rings. The highest BCUT2D eigenvalue weighted by molar-refractivity contribution is 6.30. The van der Waals surface area contributed by atoms with Crippen LogP contribution in [0, 0.1) is 0 Å². The molecule has 2 aliphatic rings. The third-order valence-electron chi connectivity index (χ3n) is 4.98. The van der Waals surface area contributed by atoms with Crippen LogP contribution in [0.3, 0.4) is 0 Å². The molecule has 4 rings (SSSR count). The van der Waals surface area contributed by atoms with E-state index >= 15 is 0 Å². The van der Waals surface area contributed by atoms with Gasteiger partial charge in [0.1, 0.15) is 0 Å². The largest absolute Gasteiger partial charge is 0.326 e. The molecule has 0 fully saturated rings. The molecule has 5 heteroatoms. The molecule has 2 aliphatic heterocycles. The molecule has 0 bridgehead atoms. The fourth-order valence-corrected chi connectivity index (χ4v) is 3.89. The Balaban J connectivity index is 1.57. The molecule has 2 heterocycles. The summed E-state index contributed by atoms with van der Waals surface area (Å²) in [6, 6.07) is 11.2. The Morgan fingerprint density at radius 1 is 1.28 bits per heavy atom. The number of halogens is 1. The second kappa shape index (κ2) is 6.19. The molecule has 0 radical (unpaired) electrons. The van der Waals surface area contributed by atoms with E-state index in [-0.39, 0.29) is 17.7 Å². The molecule has 128 valence electrons. The average molecular weight is 355 g/mol. The molecule has 2 aromatic carbocycles. The zero-order valence-corrected chi connectivity index (χ0v) is 14.8. The third-order valence-corrected chi connectivity index (χ3v) is 5.23. The molecule has 1 atom stereocenters. The van der Waals surface area contributed by atoms with Crippen molar-refractivity contribution < 1.29 is 9.59 Å². The molecular formula is C20H19ClN2O2. The Kier molecular flexibility index (Phi) is 4.00. The van der Waals surface area contributed by atoms with Crippen LogP contribution in [0.15, 0.2) is 36.4 Å². The van der Waals surface area contributed by atoms with Gasteiger partial charge in [0.25, 0.3) is 0 Å². The zero-order chi connectivity index (χ0) is 17.6. The van der Waals surface area contributed by atoms with Gasteiger partial charge < -0.3 is 10.2 Å². The van der Waals surface area contributed by atoms with Gasteiger partial charge in [0, 0.05) is 17.3 Å². The summed E-state index contributed by atoms with van der Waals surface area (Å²) in [5.74, 6) is -0.0420. The number of nitrogens with one attached hydrogen (secondary N) is 1. The molecule has 0 unspecified atom stereocenters. The van der Waals surface area contributed by atoms with Crippen molar-refractivity contribution in [1.82, 2.24) is 0 Å². The molecule has 1 N–H and O–H groups in total. The van der Waals surface area contributed by atoms with Gasteiger partial charge in [-0.25, -0.2) is 0 Å². The Morgan fingerprint density at radius 2 is 2.04 bits per heavy atom. The standard InChI is InChI=1S/C20H19ClN2O2/c1-12-17-11-16(10-14-3-2-8-23(19(14)17)20(12)25)22-18(24)9-13-4-6-15(21)7-5-13/h4-7,10-12H,2-3,8-9H2,1H3,(H,22,24)/t12-/m0/s1. The van der Waals surface area contributed by atoms with Crippen LogP contribution in [-0.4, -0.2) is 18.4 Å². The molecule has 4 nitrogen and oxygen atoms in total. The van der Waals surface area contributed by atoms with Gasteiger partial charge in [0.15, 0.2) is 0 Å². The maximum absolute atomic E-state index is 12.4. The number of aryl methyl sites for hydroxylation is 1. The van der Waals surface area contributed by atoms with E-state index in [1.807, 2.05) is 36.1 Å². The molecule has 0 saturated heterocycles. The van der Waals surface area contributed by atoms with Crippen molar-refractivity contribution in [2.75, 3.05) is 16.8 Å². The van der Waals surface area contributed by atoms with E-state index in [1.54, 1.807) is 12.1 Å². The number of rotatable bonds is 3. The Hall–Kier alpha value is -2.33. The smallest absolute Gasteiger partial charge is 0.234 e. The fourth-order valence-electron chi connectivity index (χ4n) is 3.76. The van der Waals surface area contributed by atoms with Crippen LogP contribution in [0.1, 0.15) is 36.0 Å². The van der Waals surface area contributed by atoms with E-state index in [0.29, 0.717) is 11.4 Å². The van der Waals surface area contributed by atoms with Gasteiger partial charge in [-0.2, -0.15) is 0 Å². The molecule has 25 heavy (non-hydrogen) atoms. The topological polar surface area (TPSA) is 49.4 Å². The quantitative estimate of drug-likeness (QED) is 0.908. The van der Waals surface area contributed by atoms with Gasteiger partial charge in [-0.05, 0) is 60.7 Å². The minimum absolute atomic E-state index is 0.0703. The van der Waals surface area contributed by atoms with Crippen molar-refractivity contribution >= 4 is 34.8 Å². The van der Waals surface area contributed by atoms with Crippen LogP contribution in [-0.2, 0) is 22.4 Å². The number of carbonyl (C=O) groups excluding carboxylic acids is 2. The van der Waals surface area contributed by atoms with Gasteiger partial charge in [0.2, 0.25) is 11.8 Å². The van der Waals surface area contributed by atoms with Crippen LogP contribution in [0.2, 0.25) is 5.02 Å². The second-order valence-electron chi connectivity index (χ2n) is 6.74. The van der Waals surface area contributed by atoms with Gasteiger partial charge in [0.05, 0.1) is 18.0 Å². The summed E-state index contributed by atoms with van der Waals surface area (Å²) in [7, 11) is 0. The van der Waals surface area contributed by atoms with Crippen LogP contribution in [0.4, 0.5) is 11.4 Å². The Bertz CT molecular complexity index is 861. The predicted molar refractivity (Wildman–Crippen MR) is 99.3 cm³/mol. The molecule has 0 spiro atoms. The first-order valence-corrected chi connectivity index (χ1v) is 8.93. The number of hydrogen-bond acceptors (Lipinski definition) is 2. The molecule has 0 aromatic heterocycles. The average Bonchev–Trinajstić information content (AvgIpc) is 2.84. The van der Waals surface area contributed by atoms with Crippen LogP contribution >= 0.6 is 11.6 Å². The van der Waals surface area contributed by atoms with E-state index in [0.717, 1.165) is 47.5 Å². The number of hydrogen-bond donors (Lipinski definition) is 1. The fraction of sp³-hybridized carbons (Fsp3) is 0.300. The lowest BCUT2D eigenvalue weighted by Gasteiger charge is -2.26. The predicted octanol–water partition coefficient (Wildman–Crippen LogP) is 3.92. The number of carbonyl (C=O) groups is 2. The monoisotopic (exact) mass is 354 g/mol. The summed E-state index contributed by atoms with van der Waals surface area (Å²) < 4.78 is 0.